The smallest absolute Gasteiger partial charge is 0.138 e. The van der Waals surface area contributed by atoms with E-state index in [1.54, 1.807) is 6.07 Å². The van der Waals surface area contributed by atoms with Crippen LogP contribution in [-0.4, -0.2) is 11.1 Å². The van der Waals surface area contributed by atoms with Crippen LogP contribution in [0.2, 0.25) is 5.02 Å². The van der Waals surface area contributed by atoms with E-state index < -0.39 is 0 Å². The Morgan fingerprint density at radius 1 is 1.35 bits per heavy atom. The molecule has 0 aliphatic heterocycles. The van der Waals surface area contributed by atoms with Crippen LogP contribution in [0, 0.1) is 5.92 Å². The van der Waals surface area contributed by atoms with Crippen molar-refractivity contribution in [3.05, 3.63) is 28.8 Å². The first kappa shape index (κ1) is 12.7. The summed E-state index contributed by atoms with van der Waals surface area (Å²) in [6.45, 7) is 3.00. The number of hydrogen-bond acceptors (Lipinski definition) is 2. The number of aromatic hydroxyl groups is 1. The molecule has 3 heteroatoms. The van der Waals surface area contributed by atoms with E-state index >= 15 is 0 Å². The lowest BCUT2D eigenvalue weighted by Gasteiger charge is -2.29. The molecule has 2 N–H and O–H groups in total. The molecule has 0 radical (unpaired) electrons. The Labute approximate surface area is 108 Å². The standard InChI is InChI=1S/C14H20ClNO/c1-10-5-2-3-8-13(10)16-9-11-6-4-7-12(15)14(11)17/h4,6-7,10,13,16-17H,2-3,5,8-9H2,1H3. The molecule has 0 saturated heterocycles. The minimum Gasteiger partial charge on any atom is -0.506 e. The molecule has 1 saturated carbocycles. The molecule has 0 amide bonds. The molecular weight excluding hydrogens is 234 g/mol. The van der Waals surface area contributed by atoms with Gasteiger partial charge in [0.2, 0.25) is 0 Å². The summed E-state index contributed by atoms with van der Waals surface area (Å²) in [4.78, 5) is 0. The summed E-state index contributed by atoms with van der Waals surface area (Å²) < 4.78 is 0. The number of nitrogens with one attached hydrogen (secondary N) is 1. The Morgan fingerprint density at radius 3 is 2.88 bits per heavy atom. The molecule has 17 heavy (non-hydrogen) atoms. The molecule has 0 bridgehead atoms. The topological polar surface area (TPSA) is 32.3 Å². The van der Waals surface area contributed by atoms with Crippen molar-refractivity contribution in [2.45, 2.75) is 45.2 Å². The number of phenols is 1. The van der Waals surface area contributed by atoms with Gasteiger partial charge in [-0.25, -0.2) is 0 Å². The van der Waals surface area contributed by atoms with Crippen LogP contribution < -0.4 is 5.32 Å². The largest absolute Gasteiger partial charge is 0.506 e. The molecular formula is C14H20ClNO. The van der Waals surface area contributed by atoms with Crippen molar-refractivity contribution in [3.8, 4) is 5.75 Å². The second-order valence-corrected chi connectivity index (χ2v) is 5.40. The van der Waals surface area contributed by atoms with Gasteiger partial charge < -0.3 is 10.4 Å². The van der Waals surface area contributed by atoms with E-state index in [2.05, 4.69) is 12.2 Å². The summed E-state index contributed by atoms with van der Waals surface area (Å²) in [6.07, 6.45) is 5.20. The summed E-state index contributed by atoms with van der Waals surface area (Å²) >= 11 is 5.89. The Balaban J connectivity index is 1.95. The van der Waals surface area contributed by atoms with E-state index in [9.17, 15) is 5.11 Å². The highest BCUT2D eigenvalue weighted by Gasteiger charge is 2.20. The maximum absolute atomic E-state index is 9.82. The van der Waals surface area contributed by atoms with Gasteiger partial charge in [-0.3, -0.25) is 0 Å². The van der Waals surface area contributed by atoms with Crippen LogP contribution in [-0.2, 0) is 6.54 Å². The minimum atomic E-state index is 0.213. The van der Waals surface area contributed by atoms with Crippen LogP contribution in [0.25, 0.3) is 0 Å². The van der Waals surface area contributed by atoms with Gasteiger partial charge >= 0.3 is 0 Å². The van der Waals surface area contributed by atoms with Crippen LogP contribution in [0.5, 0.6) is 5.75 Å². The predicted molar refractivity (Wildman–Crippen MR) is 71.4 cm³/mol. The SMILES string of the molecule is CC1CCCCC1NCc1cccc(Cl)c1O. The quantitative estimate of drug-likeness (QED) is 0.861. The molecule has 2 atom stereocenters. The highest BCUT2D eigenvalue weighted by Crippen LogP contribution is 2.28. The van der Waals surface area contributed by atoms with Crippen LogP contribution in [0.15, 0.2) is 18.2 Å². The molecule has 1 aromatic rings. The second-order valence-electron chi connectivity index (χ2n) is 5.00. The summed E-state index contributed by atoms with van der Waals surface area (Å²) in [7, 11) is 0. The normalized spacial score (nSPS) is 24.8. The minimum absolute atomic E-state index is 0.213. The van der Waals surface area contributed by atoms with Crippen molar-refractivity contribution in [3.63, 3.8) is 0 Å². The molecule has 2 unspecified atom stereocenters. The first-order valence-electron chi connectivity index (χ1n) is 6.38. The monoisotopic (exact) mass is 253 g/mol. The molecule has 2 rings (SSSR count). The molecule has 0 heterocycles. The van der Waals surface area contributed by atoms with Crippen molar-refractivity contribution >= 4 is 11.6 Å². The zero-order chi connectivity index (χ0) is 12.3. The second kappa shape index (κ2) is 5.74. The van der Waals surface area contributed by atoms with E-state index in [1.807, 2.05) is 12.1 Å². The lowest BCUT2D eigenvalue weighted by molar-refractivity contribution is 0.278. The Kier molecular flexibility index (Phi) is 4.30. The molecule has 0 aromatic heterocycles. The van der Waals surface area contributed by atoms with E-state index in [0.29, 0.717) is 17.6 Å². The van der Waals surface area contributed by atoms with Crippen molar-refractivity contribution < 1.29 is 5.11 Å². The lowest BCUT2D eigenvalue weighted by Crippen LogP contribution is -2.36. The van der Waals surface area contributed by atoms with Crippen LogP contribution in [0.1, 0.15) is 38.2 Å². The molecule has 2 nitrogen and oxygen atoms in total. The fourth-order valence-electron chi connectivity index (χ4n) is 2.56. The molecule has 1 aliphatic rings. The molecule has 94 valence electrons. The first-order chi connectivity index (χ1) is 8.18. The van der Waals surface area contributed by atoms with Gasteiger partial charge in [0.15, 0.2) is 0 Å². The number of para-hydroxylation sites is 1. The van der Waals surface area contributed by atoms with Crippen molar-refractivity contribution in [1.29, 1.82) is 0 Å². The van der Waals surface area contributed by atoms with Gasteiger partial charge in [0, 0.05) is 18.2 Å². The molecule has 1 aromatic carbocycles. The Hall–Kier alpha value is -0.730. The van der Waals surface area contributed by atoms with E-state index in [0.717, 1.165) is 11.5 Å². The van der Waals surface area contributed by atoms with Gasteiger partial charge in [-0.2, -0.15) is 0 Å². The lowest BCUT2D eigenvalue weighted by atomic mass is 9.86. The highest BCUT2D eigenvalue weighted by molar-refractivity contribution is 6.32. The van der Waals surface area contributed by atoms with E-state index in [-0.39, 0.29) is 5.75 Å². The van der Waals surface area contributed by atoms with Crippen molar-refractivity contribution in [2.75, 3.05) is 0 Å². The van der Waals surface area contributed by atoms with Crippen molar-refractivity contribution in [1.82, 2.24) is 5.32 Å². The van der Waals surface area contributed by atoms with Crippen LogP contribution >= 0.6 is 11.6 Å². The fraction of sp³-hybridized carbons (Fsp3) is 0.571. The van der Waals surface area contributed by atoms with Gasteiger partial charge in [-0.05, 0) is 24.8 Å². The van der Waals surface area contributed by atoms with Crippen LogP contribution in [0.4, 0.5) is 0 Å². The zero-order valence-electron chi connectivity index (χ0n) is 10.2. The third-order valence-corrected chi connectivity index (χ3v) is 4.04. The third-order valence-electron chi connectivity index (χ3n) is 3.74. The summed E-state index contributed by atoms with van der Waals surface area (Å²) in [6, 6.07) is 6.08. The molecule has 1 aliphatic carbocycles. The maximum Gasteiger partial charge on any atom is 0.138 e. The number of rotatable bonds is 3. The van der Waals surface area contributed by atoms with Gasteiger partial charge in [-0.1, -0.05) is 43.5 Å². The average molecular weight is 254 g/mol. The number of benzene rings is 1. The van der Waals surface area contributed by atoms with Gasteiger partial charge in [0.05, 0.1) is 5.02 Å². The molecule has 0 spiro atoms. The first-order valence-corrected chi connectivity index (χ1v) is 6.76. The number of phenolic OH excluding ortho intramolecular Hbond substituents is 1. The average Bonchev–Trinajstić information content (AvgIpc) is 2.33. The van der Waals surface area contributed by atoms with Crippen molar-refractivity contribution in [2.24, 2.45) is 5.92 Å². The van der Waals surface area contributed by atoms with E-state index in [1.165, 1.54) is 25.7 Å². The van der Waals surface area contributed by atoms with Gasteiger partial charge in [0.25, 0.3) is 0 Å². The maximum atomic E-state index is 9.82. The van der Waals surface area contributed by atoms with Gasteiger partial charge in [0.1, 0.15) is 5.75 Å². The third kappa shape index (κ3) is 3.14. The highest BCUT2D eigenvalue weighted by atomic mass is 35.5. The number of halogens is 1. The van der Waals surface area contributed by atoms with Crippen LogP contribution in [0.3, 0.4) is 0 Å². The fourth-order valence-corrected chi connectivity index (χ4v) is 2.76. The number of hydrogen-bond donors (Lipinski definition) is 2. The Morgan fingerprint density at radius 2 is 2.12 bits per heavy atom. The Bertz CT molecular complexity index is 380. The summed E-state index contributed by atoms with van der Waals surface area (Å²) in [5.41, 5.74) is 0.885. The summed E-state index contributed by atoms with van der Waals surface area (Å²) in [5.74, 6) is 0.940. The summed E-state index contributed by atoms with van der Waals surface area (Å²) in [5, 5.41) is 13.8. The van der Waals surface area contributed by atoms with E-state index in [4.69, 9.17) is 11.6 Å². The predicted octanol–water partition coefficient (Wildman–Crippen LogP) is 3.71. The van der Waals surface area contributed by atoms with Gasteiger partial charge in [-0.15, -0.1) is 0 Å². The molecule has 1 fully saturated rings. The zero-order valence-corrected chi connectivity index (χ0v) is 11.0.